The summed E-state index contributed by atoms with van der Waals surface area (Å²) >= 11 is 9.03. The molecule has 0 saturated heterocycles. The Morgan fingerprint density at radius 1 is 1.44 bits per heavy atom. The normalized spacial score (nSPS) is 12.9. The zero-order valence-corrected chi connectivity index (χ0v) is 11.8. The van der Waals surface area contributed by atoms with Crippen LogP contribution in [0.2, 0.25) is 0 Å². The van der Waals surface area contributed by atoms with E-state index >= 15 is 0 Å². The largest absolute Gasteiger partial charge is 0.390 e. The fourth-order valence-electron chi connectivity index (χ4n) is 1.32. The molecule has 0 amide bonds. The molecule has 16 heavy (non-hydrogen) atoms. The van der Waals surface area contributed by atoms with Crippen molar-refractivity contribution in [2.75, 3.05) is 17.7 Å². The lowest BCUT2D eigenvalue weighted by Crippen LogP contribution is -2.20. The van der Waals surface area contributed by atoms with Gasteiger partial charge < -0.3 is 10.4 Å². The SMILES string of the molecule is CC(C)c1ccc(NCC(O)CCl)c(Br)c1. The van der Waals surface area contributed by atoms with Gasteiger partial charge >= 0.3 is 0 Å². The highest BCUT2D eigenvalue weighted by molar-refractivity contribution is 9.10. The van der Waals surface area contributed by atoms with Gasteiger partial charge in [-0.05, 0) is 39.5 Å². The van der Waals surface area contributed by atoms with Crippen molar-refractivity contribution >= 4 is 33.2 Å². The predicted molar refractivity (Wildman–Crippen MR) is 73.4 cm³/mol. The Labute approximate surface area is 110 Å². The molecule has 1 rings (SSSR count). The van der Waals surface area contributed by atoms with Gasteiger partial charge in [0, 0.05) is 16.7 Å². The van der Waals surface area contributed by atoms with Crippen LogP contribution in [0.15, 0.2) is 22.7 Å². The molecule has 0 aromatic heterocycles. The first-order valence-electron chi connectivity index (χ1n) is 5.32. The highest BCUT2D eigenvalue weighted by Gasteiger charge is 2.06. The fourth-order valence-corrected chi connectivity index (χ4v) is 1.96. The maximum Gasteiger partial charge on any atom is 0.0847 e. The van der Waals surface area contributed by atoms with Crippen LogP contribution in [0.3, 0.4) is 0 Å². The molecule has 2 N–H and O–H groups in total. The van der Waals surface area contributed by atoms with E-state index in [2.05, 4.69) is 47.2 Å². The van der Waals surface area contributed by atoms with Gasteiger partial charge in [-0.15, -0.1) is 11.6 Å². The first kappa shape index (κ1) is 13.8. The second kappa shape index (κ2) is 6.48. The molecule has 1 aromatic carbocycles. The van der Waals surface area contributed by atoms with Crippen LogP contribution in [0.4, 0.5) is 5.69 Å². The Morgan fingerprint density at radius 3 is 2.62 bits per heavy atom. The molecule has 0 radical (unpaired) electrons. The van der Waals surface area contributed by atoms with Crippen molar-refractivity contribution in [1.29, 1.82) is 0 Å². The Hall–Kier alpha value is -0.250. The van der Waals surface area contributed by atoms with Crippen LogP contribution in [-0.2, 0) is 0 Å². The van der Waals surface area contributed by atoms with Crippen molar-refractivity contribution in [1.82, 2.24) is 0 Å². The number of alkyl halides is 1. The maximum absolute atomic E-state index is 9.34. The molecule has 0 spiro atoms. The minimum absolute atomic E-state index is 0.245. The van der Waals surface area contributed by atoms with Crippen molar-refractivity contribution in [2.45, 2.75) is 25.9 Å². The minimum atomic E-state index is -0.515. The Balaban J connectivity index is 2.68. The van der Waals surface area contributed by atoms with Crippen molar-refractivity contribution in [3.63, 3.8) is 0 Å². The van der Waals surface area contributed by atoms with Gasteiger partial charge in [-0.1, -0.05) is 19.9 Å². The molecule has 1 atom stereocenters. The maximum atomic E-state index is 9.34. The van der Waals surface area contributed by atoms with Crippen molar-refractivity contribution in [3.05, 3.63) is 28.2 Å². The molecule has 4 heteroatoms. The molecule has 0 fully saturated rings. The molecule has 0 aliphatic heterocycles. The molecule has 0 heterocycles. The van der Waals surface area contributed by atoms with E-state index in [1.165, 1.54) is 5.56 Å². The number of anilines is 1. The Kier molecular flexibility index (Phi) is 5.59. The summed E-state index contributed by atoms with van der Waals surface area (Å²) in [6.07, 6.45) is -0.515. The van der Waals surface area contributed by atoms with Crippen LogP contribution < -0.4 is 5.32 Å². The summed E-state index contributed by atoms with van der Waals surface area (Å²) in [7, 11) is 0. The van der Waals surface area contributed by atoms with E-state index in [-0.39, 0.29) is 5.88 Å². The van der Waals surface area contributed by atoms with E-state index in [1.807, 2.05) is 6.07 Å². The number of halogens is 2. The van der Waals surface area contributed by atoms with Gasteiger partial charge in [0.15, 0.2) is 0 Å². The summed E-state index contributed by atoms with van der Waals surface area (Å²) in [5, 5.41) is 12.5. The van der Waals surface area contributed by atoms with Gasteiger partial charge in [0.25, 0.3) is 0 Å². The summed E-state index contributed by atoms with van der Waals surface area (Å²) < 4.78 is 1.01. The average molecular weight is 307 g/mol. The van der Waals surface area contributed by atoms with Gasteiger partial charge in [-0.3, -0.25) is 0 Å². The Bertz CT molecular complexity index is 344. The molecule has 1 unspecified atom stereocenters. The molecule has 0 aliphatic carbocycles. The molecule has 1 aromatic rings. The molecule has 0 bridgehead atoms. The van der Waals surface area contributed by atoms with Crippen molar-refractivity contribution in [2.24, 2.45) is 0 Å². The third-order valence-corrected chi connectivity index (χ3v) is 3.38. The van der Waals surface area contributed by atoms with Gasteiger partial charge in [0.05, 0.1) is 12.0 Å². The highest BCUT2D eigenvalue weighted by atomic mass is 79.9. The number of aliphatic hydroxyl groups excluding tert-OH is 1. The first-order chi connectivity index (χ1) is 7.54. The summed E-state index contributed by atoms with van der Waals surface area (Å²) in [4.78, 5) is 0. The summed E-state index contributed by atoms with van der Waals surface area (Å²) in [5.74, 6) is 0.757. The number of nitrogens with one attached hydrogen (secondary N) is 1. The second-order valence-corrected chi connectivity index (χ2v) is 5.25. The van der Waals surface area contributed by atoms with Crippen LogP contribution in [0, 0.1) is 0 Å². The average Bonchev–Trinajstić information content (AvgIpc) is 2.26. The number of rotatable bonds is 5. The molecule has 2 nitrogen and oxygen atoms in total. The zero-order valence-electron chi connectivity index (χ0n) is 9.50. The molecule has 0 saturated carbocycles. The van der Waals surface area contributed by atoms with Crippen molar-refractivity contribution in [3.8, 4) is 0 Å². The fraction of sp³-hybridized carbons (Fsp3) is 0.500. The molecular weight excluding hydrogens is 289 g/mol. The van der Waals surface area contributed by atoms with Gasteiger partial charge in [0.1, 0.15) is 0 Å². The quantitative estimate of drug-likeness (QED) is 0.815. The lowest BCUT2D eigenvalue weighted by atomic mass is 10.0. The summed E-state index contributed by atoms with van der Waals surface area (Å²) in [6.45, 7) is 4.78. The monoisotopic (exact) mass is 305 g/mol. The standard InChI is InChI=1S/C12H17BrClNO/c1-8(2)9-3-4-12(11(13)5-9)15-7-10(16)6-14/h3-5,8,10,15-16H,6-7H2,1-2H3. The van der Waals surface area contributed by atoms with E-state index < -0.39 is 6.10 Å². The van der Waals surface area contributed by atoms with E-state index in [0.29, 0.717) is 12.5 Å². The molecule has 0 aliphatic rings. The van der Waals surface area contributed by atoms with Crippen LogP contribution >= 0.6 is 27.5 Å². The number of benzene rings is 1. The van der Waals surface area contributed by atoms with Gasteiger partial charge in [-0.2, -0.15) is 0 Å². The molecular formula is C12H17BrClNO. The van der Waals surface area contributed by atoms with Gasteiger partial charge in [0.2, 0.25) is 0 Å². The van der Waals surface area contributed by atoms with Crippen LogP contribution in [0.25, 0.3) is 0 Å². The second-order valence-electron chi connectivity index (χ2n) is 4.08. The zero-order chi connectivity index (χ0) is 12.1. The van der Waals surface area contributed by atoms with E-state index in [0.717, 1.165) is 10.2 Å². The summed E-state index contributed by atoms with van der Waals surface area (Å²) in [6, 6.07) is 6.20. The van der Waals surface area contributed by atoms with Crippen LogP contribution in [0.1, 0.15) is 25.3 Å². The van der Waals surface area contributed by atoms with E-state index in [4.69, 9.17) is 11.6 Å². The lowest BCUT2D eigenvalue weighted by Gasteiger charge is -2.13. The van der Waals surface area contributed by atoms with Crippen LogP contribution in [-0.4, -0.2) is 23.6 Å². The Morgan fingerprint density at radius 2 is 2.12 bits per heavy atom. The summed E-state index contributed by atoms with van der Waals surface area (Å²) in [5.41, 5.74) is 2.27. The minimum Gasteiger partial charge on any atom is -0.390 e. The van der Waals surface area contributed by atoms with Gasteiger partial charge in [-0.25, -0.2) is 0 Å². The van der Waals surface area contributed by atoms with Crippen LogP contribution in [0.5, 0.6) is 0 Å². The first-order valence-corrected chi connectivity index (χ1v) is 6.64. The topological polar surface area (TPSA) is 32.3 Å². The molecule has 90 valence electrons. The highest BCUT2D eigenvalue weighted by Crippen LogP contribution is 2.26. The predicted octanol–water partition coefficient (Wildman–Crippen LogP) is 3.58. The number of hydrogen-bond donors (Lipinski definition) is 2. The third-order valence-electron chi connectivity index (χ3n) is 2.37. The van der Waals surface area contributed by atoms with Crippen molar-refractivity contribution < 1.29 is 5.11 Å². The number of aliphatic hydroxyl groups is 1. The number of hydrogen-bond acceptors (Lipinski definition) is 2. The third kappa shape index (κ3) is 3.96. The smallest absolute Gasteiger partial charge is 0.0847 e. The lowest BCUT2D eigenvalue weighted by molar-refractivity contribution is 0.211. The van der Waals surface area contributed by atoms with E-state index in [9.17, 15) is 5.11 Å². The van der Waals surface area contributed by atoms with E-state index in [1.54, 1.807) is 0 Å².